The Morgan fingerprint density at radius 3 is 2.78 bits per heavy atom. The van der Waals surface area contributed by atoms with Crippen molar-refractivity contribution in [2.75, 3.05) is 0 Å². The van der Waals surface area contributed by atoms with E-state index < -0.39 is 0 Å². The monoisotopic (exact) mass is 506 g/mol. The van der Waals surface area contributed by atoms with Crippen molar-refractivity contribution in [2.24, 2.45) is 12.8 Å². The number of fused-ring (bicyclic) bond motifs is 1. The van der Waals surface area contributed by atoms with E-state index in [0.29, 0.717) is 24.4 Å². The molecule has 0 aliphatic carbocycles. The molecule has 0 atom stereocenters. The maximum absolute atomic E-state index is 13.0. The number of carbonyl (C=O) groups is 1. The van der Waals surface area contributed by atoms with Crippen LogP contribution in [0.15, 0.2) is 90.3 Å². The van der Waals surface area contributed by atoms with Gasteiger partial charge in [0, 0.05) is 72.3 Å². The zero-order chi connectivity index (χ0) is 25.6. The number of nitrogens with zero attached hydrogens (tertiary/aromatic N) is 4. The molecule has 0 bridgehead atoms. The molecule has 5 aromatic rings. The molecule has 1 amide bonds. The van der Waals surface area contributed by atoms with Gasteiger partial charge in [0.2, 0.25) is 0 Å². The Morgan fingerprint density at radius 2 is 1.95 bits per heavy atom. The van der Waals surface area contributed by atoms with Gasteiger partial charge in [0.15, 0.2) is 0 Å². The smallest absolute Gasteiger partial charge is 0.251 e. The second-order valence-corrected chi connectivity index (χ2v) is 9.56. The molecule has 3 heterocycles. The minimum Gasteiger partial charge on any atom is -0.348 e. The van der Waals surface area contributed by atoms with Crippen molar-refractivity contribution in [3.05, 3.63) is 119 Å². The minimum absolute atomic E-state index is 0.155. The number of nitrogens with two attached hydrogens (primary N) is 1. The molecule has 0 saturated carbocycles. The second kappa shape index (κ2) is 11.2. The van der Waals surface area contributed by atoms with Gasteiger partial charge in [-0.3, -0.25) is 9.48 Å². The van der Waals surface area contributed by atoms with Crippen LogP contribution in [0.4, 0.5) is 0 Å². The van der Waals surface area contributed by atoms with Gasteiger partial charge >= 0.3 is 0 Å². The lowest BCUT2D eigenvalue weighted by Gasteiger charge is -2.09. The van der Waals surface area contributed by atoms with E-state index in [-0.39, 0.29) is 5.91 Å². The van der Waals surface area contributed by atoms with E-state index in [1.807, 2.05) is 90.7 Å². The SMILES string of the molecule is Cn1ccc(CSc2ccc(C(=O)NCc3ccn4ccnc4c3)cc2C#Cc2cccc(CN)c2)n1. The number of nitrogens with one attached hydrogen (secondary N) is 1. The van der Waals surface area contributed by atoms with Crippen molar-refractivity contribution in [1.82, 2.24) is 24.5 Å². The van der Waals surface area contributed by atoms with Gasteiger partial charge in [-0.15, -0.1) is 11.8 Å². The lowest BCUT2D eigenvalue weighted by atomic mass is 10.1. The Labute approximate surface area is 219 Å². The molecular weight excluding hydrogens is 480 g/mol. The maximum atomic E-state index is 13.0. The molecule has 0 spiro atoms. The van der Waals surface area contributed by atoms with E-state index in [1.54, 1.807) is 22.6 Å². The molecule has 37 heavy (non-hydrogen) atoms. The van der Waals surface area contributed by atoms with Crippen LogP contribution in [0.2, 0.25) is 0 Å². The molecule has 8 heteroatoms. The first kappa shape index (κ1) is 24.4. The van der Waals surface area contributed by atoms with Crippen molar-refractivity contribution in [2.45, 2.75) is 23.7 Å². The minimum atomic E-state index is -0.155. The van der Waals surface area contributed by atoms with Crippen LogP contribution < -0.4 is 11.1 Å². The van der Waals surface area contributed by atoms with Gasteiger partial charge in [0.25, 0.3) is 5.91 Å². The summed E-state index contributed by atoms with van der Waals surface area (Å²) in [5, 5.41) is 7.47. The van der Waals surface area contributed by atoms with Gasteiger partial charge in [-0.25, -0.2) is 4.98 Å². The van der Waals surface area contributed by atoms with Crippen LogP contribution in [-0.2, 0) is 25.9 Å². The first-order valence-corrected chi connectivity index (χ1v) is 12.8. The molecule has 3 aromatic heterocycles. The van der Waals surface area contributed by atoms with E-state index in [2.05, 4.69) is 27.2 Å². The van der Waals surface area contributed by atoms with Crippen LogP contribution in [-0.4, -0.2) is 25.1 Å². The summed E-state index contributed by atoms with van der Waals surface area (Å²) in [4.78, 5) is 18.3. The van der Waals surface area contributed by atoms with Crippen LogP contribution in [0.5, 0.6) is 0 Å². The predicted molar refractivity (Wildman–Crippen MR) is 146 cm³/mol. The first-order chi connectivity index (χ1) is 18.1. The first-order valence-electron chi connectivity index (χ1n) is 11.8. The van der Waals surface area contributed by atoms with Crippen molar-refractivity contribution < 1.29 is 4.79 Å². The van der Waals surface area contributed by atoms with E-state index >= 15 is 0 Å². The Bertz CT molecular complexity index is 1620. The van der Waals surface area contributed by atoms with Gasteiger partial charge in [0.1, 0.15) is 5.65 Å². The number of hydrogen-bond acceptors (Lipinski definition) is 5. The summed E-state index contributed by atoms with van der Waals surface area (Å²) in [5.74, 6) is 7.07. The Balaban J connectivity index is 1.37. The third-order valence-corrected chi connectivity index (χ3v) is 6.91. The standard InChI is InChI=1S/C29H26N6OS/c1-34-12-10-26(33-34)20-37-27-8-7-25(17-24(27)6-5-21-3-2-4-22(15-21)18-30)29(36)32-19-23-9-13-35-14-11-31-28(35)16-23/h2-4,7-17H,18-20,30H2,1H3,(H,32,36). The molecule has 0 saturated heterocycles. The molecule has 0 aliphatic rings. The zero-order valence-electron chi connectivity index (χ0n) is 20.4. The number of rotatable bonds is 7. The van der Waals surface area contributed by atoms with Crippen LogP contribution in [0, 0.1) is 11.8 Å². The fraction of sp³-hybridized carbons (Fsp3) is 0.138. The average molecular weight is 507 g/mol. The van der Waals surface area contributed by atoms with Crippen molar-refractivity contribution >= 4 is 23.3 Å². The molecule has 7 nitrogen and oxygen atoms in total. The van der Waals surface area contributed by atoms with E-state index in [9.17, 15) is 4.79 Å². The van der Waals surface area contributed by atoms with Gasteiger partial charge < -0.3 is 15.5 Å². The molecular formula is C29H26N6OS. The molecule has 184 valence electrons. The van der Waals surface area contributed by atoms with Gasteiger partial charge in [-0.05, 0) is 59.7 Å². The summed E-state index contributed by atoms with van der Waals surface area (Å²) < 4.78 is 3.72. The van der Waals surface area contributed by atoms with Crippen LogP contribution in [0.3, 0.4) is 0 Å². The summed E-state index contributed by atoms with van der Waals surface area (Å²) >= 11 is 1.65. The normalized spacial score (nSPS) is 10.8. The summed E-state index contributed by atoms with van der Waals surface area (Å²) in [5.41, 5.74) is 11.9. The topological polar surface area (TPSA) is 90.2 Å². The molecule has 5 rings (SSSR count). The second-order valence-electron chi connectivity index (χ2n) is 8.55. The summed E-state index contributed by atoms with van der Waals surface area (Å²) in [6.45, 7) is 0.870. The third kappa shape index (κ3) is 6.09. The maximum Gasteiger partial charge on any atom is 0.251 e. The fourth-order valence-corrected chi connectivity index (χ4v) is 4.74. The number of imidazole rings is 1. The van der Waals surface area contributed by atoms with Crippen molar-refractivity contribution in [1.29, 1.82) is 0 Å². The van der Waals surface area contributed by atoms with Gasteiger partial charge in [0.05, 0.1) is 5.69 Å². The highest BCUT2D eigenvalue weighted by Gasteiger charge is 2.11. The van der Waals surface area contributed by atoms with E-state index in [0.717, 1.165) is 38.5 Å². The zero-order valence-corrected chi connectivity index (χ0v) is 21.2. The number of aryl methyl sites for hydroxylation is 1. The fourth-order valence-electron chi connectivity index (χ4n) is 3.85. The highest BCUT2D eigenvalue weighted by atomic mass is 32.2. The summed E-state index contributed by atoms with van der Waals surface area (Å²) in [7, 11) is 1.90. The number of thioether (sulfide) groups is 1. The highest BCUT2D eigenvalue weighted by molar-refractivity contribution is 7.98. The lowest BCUT2D eigenvalue weighted by Crippen LogP contribution is -2.23. The Hall–Kier alpha value is -4.32. The van der Waals surface area contributed by atoms with Crippen molar-refractivity contribution in [3.8, 4) is 11.8 Å². The number of hydrogen-bond donors (Lipinski definition) is 2. The highest BCUT2D eigenvalue weighted by Crippen LogP contribution is 2.27. The quantitative estimate of drug-likeness (QED) is 0.256. The molecule has 0 fully saturated rings. The predicted octanol–water partition coefficient (Wildman–Crippen LogP) is 4.15. The largest absolute Gasteiger partial charge is 0.348 e. The number of aromatic nitrogens is 4. The van der Waals surface area contributed by atoms with Crippen LogP contribution in [0.25, 0.3) is 5.65 Å². The molecule has 2 aromatic carbocycles. The van der Waals surface area contributed by atoms with E-state index in [1.165, 1.54) is 0 Å². The average Bonchev–Trinajstić information content (AvgIpc) is 3.57. The molecule has 3 N–H and O–H groups in total. The number of amides is 1. The van der Waals surface area contributed by atoms with Crippen LogP contribution >= 0.6 is 11.8 Å². The Kier molecular flexibility index (Phi) is 7.36. The molecule has 0 unspecified atom stereocenters. The van der Waals surface area contributed by atoms with Gasteiger partial charge in [-0.2, -0.15) is 5.10 Å². The number of carbonyl (C=O) groups excluding carboxylic acids is 1. The van der Waals surface area contributed by atoms with Gasteiger partial charge in [-0.1, -0.05) is 24.0 Å². The Morgan fingerprint density at radius 1 is 1.03 bits per heavy atom. The third-order valence-electron chi connectivity index (χ3n) is 5.81. The lowest BCUT2D eigenvalue weighted by molar-refractivity contribution is 0.0951. The molecule has 0 aliphatic heterocycles. The number of pyridine rings is 1. The molecule has 0 radical (unpaired) electrons. The summed E-state index contributed by atoms with van der Waals surface area (Å²) in [6.07, 6.45) is 7.50. The number of benzene rings is 2. The van der Waals surface area contributed by atoms with Crippen LogP contribution in [0.1, 0.15) is 38.3 Å². The summed E-state index contributed by atoms with van der Waals surface area (Å²) in [6, 6.07) is 19.5. The van der Waals surface area contributed by atoms with Crippen molar-refractivity contribution in [3.63, 3.8) is 0 Å². The van der Waals surface area contributed by atoms with E-state index in [4.69, 9.17) is 5.73 Å².